The Bertz CT molecular complexity index is 158. The highest BCUT2D eigenvalue weighted by molar-refractivity contribution is 5.64. The monoisotopic (exact) mass is 163 g/mol. The van der Waals surface area contributed by atoms with E-state index in [1.54, 1.807) is 0 Å². The van der Waals surface area contributed by atoms with Gasteiger partial charge in [0.05, 0.1) is 6.33 Å². The molecular weight excluding hydrogens is 153 g/mol. The molecular formula is C6H10FNO3. The predicted molar refractivity (Wildman–Crippen MR) is 36.9 cm³/mol. The average molecular weight is 163 g/mol. The quantitative estimate of drug-likeness (QED) is 0.564. The van der Waals surface area contributed by atoms with E-state index in [0.29, 0.717) is 6.33 Å². The highest BCUT2D eigenvalue weighted by atomic mass is 19.1. The van der Waals surface area contributed by atoms with Gasteiger partial charge in [-0.1, -0.05) is 0 Å². The Kier molecular flexibility index (Phi) is 5.10. The molecule has 0 rings (SSSR count). The van der Waals surface area contributed by atoms with Gasteiger partial charge in [-0.3, -0.25) is 0 Å². The molecule has 0 aromatic carbocycles. The van der Waals surface area contributed by atoms with Crippen LogP contribution >= 0.6 is 0 Å². The van der Waals surface area contributed by atoms with Crippen LogP contribution in [0.2, 0.25) is 0 Å². The molecule has 0 fully saturated rings. The SMILES string of the molecule is O=C(O)NC/C(=C/F)CCO. The lowest BCUT2D eigenvalue weighted by Crippen LogP contribution is -2.23. The van der Waals surface area contributed by atoms with Gasteiger partial charge in [0.1, 0.15) is 0 Å². The number of aliphatic hydroxyl groups excluding tert-OH is 1. The van der Waals surface area contributed by atoms with Crippen LogP contribution in [0.25, 0.3) is 0 Å². The molecule has 0 aliphatic rings. The first-order valence-electron chi connectivity index (χ1n) is 3.06. The van der Waals surface area contributed by atoms with Crippen molar-refractivity contribution in [2.45, 2.75) is 6.42 Å². The highest BCUT2D eigenvalue weighted by Crippen LogP contribution is 1.98. The highest BCUT2D eigenvalue weighted by Gasteiger charge is 1.98. The van der Waals surface area contributed by atoms with Gasteiger partial charge in [-0.15, -0.1) is 0 Å². The van der Waals surface area contributed by atoms with E-state index in [4.69, 9.17) is 10.2 Å². The lowest BCUT2D eigenvalue weighted by Gasteiger charge is -2.02. The van der Waals surface area contributed by atoms with Crippen LogP contribution in [0.3, 0.4) is 0 Å². The van der Waals surface area contributed by atoms with Crippen molar-refractivity contribution in [1.29, 1.82) is 0 Å². The lowest BCUT2D eigenvalue weighted by atomic mass is 10.2. The first-order valence-corrected chi connectivity index (χ1v) is 3.06. The second-order valence-corrected chi connectivity index (χ2v) is 1.90. The molecule has 0 aromatic rings. The summed E-state index contributed by atoms with van der Waals surface area (Å²) < 4.78 is 11.8. The molecule has 0 bridgehead atoms. The first-order chi connectivity index (χ1) is 5.20. The van der Waals surface area contributed by atoms with Gasteiger partial charge in [-0.2, -0.15) is 0 Å². The third-order valence-electron chi connectivity index (χ3n) is 1.05. The van der Waals surface area contributed by atoms with Gasteiger partial charge in [-0.25, -0.2) is 9.18 Å². The van der Waals surface area contributed by atoms with Gasteiger partial charge in [0.2, 0.25) is 0 Å². The molecule has 0 spiro atoms. The number of amides is 1. The summed E-state index contributed by atoms with van der Waals surface area (Å²) in [6.07, 6.45) is -0.759. The minimum atomic E-state index is -1.21. The molecule has 0 saturated carbocycles. The van der Waals surface area contributed by atoms with Crippen molar-refractivity contribution in [2.75, 3.05) is 13.2 Å². The fraction of sp³-hybridized carbons (Fsp3) is 0.500. The van der Waals surface area contributed by atoms with Crippen LogP contribution in [0.15, 0.2) is 11.9 Å². The van der Waals surface area contributed by atoms with Crippen molar-refractivity contribution >= 4 is 6.09 Å². The van der Waals surface area contributed by atoms with Gasteiger partial charge in [0.25, 0.3) is 0 Å². The second kappa shape index (κ2) is 5.67. The van der Waals surface area contributed by atoms with E-state index in [-0.39, 0.29) is 25.1 Å². The molecule has 0 atom stereocenters. The van der Waals surface area contributed by atoms with Crippen LogP contribution in [0.4, 0.5) is 9.18 Å². The molecule has 1 amide bonds. The summed E-state index contributed by atoms with van der Waals surface area (Å²) in [7, 11) is 0. The Labute approximate surface area is 63.3 Å². The van der Waals surface area contributed by atoms with Crippen molar-refractivity contribution in [2.24, 2.45) is 0 Å². The summed E-state index contributed by atoms with van der Waals surface area (Å²) in [5.74, 6) is 0. The lowest BCUT2D eigenvalue weighted by molar-refractivity contribution is 0.195. The number of rotatable bonds is 4. The molecule has 4 nitrogen and oxygen atoms in total. The van der Waals surface area contributed by atoms with Crippen LogP contribution in [0, 0.1) is 0 Å². The summed E-state index contributed by atoms with van der Waals surface area (Å²) in [4.78, 5) is 9.90. The third kappa shape index (κ3) is 5.35. The summed E-state index contributed by atoms with van der Waals surface area (Å²) >= 11 is 0. The fourth-order valence-electron chi connectivity index (χ4n) is 0.514. The molecule has 11 heavy (non-hydrogen) atoms. The molecule has 0 heterocycles. The summed E-state index contributed by atoms with van der Waals surface area (Å²) in [6.45, 7) is -0.260. The number of halogens is 1. The molecule has 0 radical (unpaired) electrons. The molecule has 3 N–H and O–H groups in total. The average Bonchev–Trinajstić information content (AvgIpc) is 1.97. The summed E-state index contributed by atoms with van der Waals surface area (Å²) in [5, 5.41) is 18.4. The van der Waals surface area contributed by atoms with E-state index in [2.05, 4.69) is 0 Å². The second-order valence-electron chi connectivity index (χ2n) is 1.90. The van der Waals surface area contributed by atoms with E-state index >= 15 is 0 Å². The summed E-state index contributed by atoms with van der Waals surface area (Å²) in [5.41, 5.74) is 0.231. The number of nitrogens with one attached hydrogen (secondary N) is 1. The number of carboxylic acid groups (broad SMARTS) is 1. The van der Waals surface area contributed by atoms with Gasteiger partial charge in [-0.05, 0) is 12.0 Å². The van der Waals surface area contributed by atoms with Crippen molar-refractivity contribution in [1.82, 2.24) is 5.32 Å². The zero-order valence-corrected chi connectivity index (χ0v) is 5.88. The smallest absolute Gasteiger partial charge is 0.404 e. The molecule has 0 aromatic heterocycles. The molecule has 0 unspecified atom stereocenters. The number of hydrogen-bond donors (Lipinski definition) is 3. The Hall–Kier alpha value is -1.10. The van der Waals surface area contributed by atoms with Crippen LogP contribution in [-0.2, 0) is 0 Å². The van der Waals surface area contributed by atoms with Crippen LogP contribution in [0.1, 0.15) is 6.42 Å². The Morgan fingerprint density at radius 3 is 2.64 bits per heavy atom. The topological polar surface area (TPSA) is 69.6 Å². The van der Waals surface area contributed by atoms with Crippen LogP contribution < -0.4 is 5.32 Å². The van der Waals surface area contributed by atoms with Crippen molar-refractivity contribution in [3.8, 4) is 0 Å². The number of carbonyl (C=O) groups is 1. The third-order valence-corrected chi connectivity index (χ3v) is 1.05. The van der Waals surface area contributed by atoms with Crippen molar-refractivity contribution < 1.29 is 19.4 Å². The van der Waals surface area contributed by atoms with E-state index in [9.17, 15) is 9.18 Å². The standard InChI is InChI=1S/C6H10FNO3/c7-3-5(1-2-9)4-8-6(10)11/h3,8-9H,1-2,4H2,(H,10,11)/b5-3+. The van der Waals surface area contributed by atoms with E-state index in [0.717, 1.165) is 0 Å². The van der Waals surface area contributed by atoms with Crippen LogP contribution in [0.5, 0.6) is 0 Å². The van der Waals surface area contributed by atoms with Gasteiger partial charge in [0.15, 0.2) is 0 Å². The number of aliphatic hydroxyl groups is 1. The van der Waals surface area contributed by atoms with E-state index in [1.165, 1.54) is 0 Å². The molecule has 0 aliphatic carbocycles. The minimum absolute atomic E-state index is 0.0770. The zero-order valence-electron chi connectivity index (χ0n) is 5.88. The normalized spacial score (nSPS) is 11.3. The molecule has 5 heteroatoms. The largest absolute Gasteiger partial charge is 0.465 e. The Morgan fingerprint density at radius 1 is 1.64 bits per heavy atom. The van der Waals surface area contributed by atoms with Gasteiger partial charge >= 0.3 is 6.09 Å². The van der Waals surface area contributed by atoms with Gasteiger partial charge in [0, 0.05) is 13.2 Å². The van der Waals surface area contributed by atoms with Crippen LogP contribution in [-0.4, -0.2) is 29.5 Å². The maximum Gasteiger partial charge on any atom is 0.404 e. The first kappa shape index (κ1) is 9.90. The molecule has 0 saturated heterocycles. The Balaban J connectivity index is 3.62. The minimum Gasteiger partial charge on any atom is -0.465 e. The van der Waals surface area contributed by atoms with Crippen molar-refractivity contribution in [3.63, 3.8) is 0 Å². The maximum atomic E-state index is 11.8. The zero-order chi connectivity index (χ0) is 8.69. The van der Waals surface area contributed by atoms with E-state index in [1.807, 2.05) is 5.32 Å². The maximum absolute atomic E-state index is 11.8. The van der Waals surface area contributed by atoms with Crippen molar-refractivity contribution in [3.05, 3.63) is 11.9 Å². The summed E-state index contributed by atoms with van der Waals surface area (Å²) in [6, 6.07) is 0. The predicted octanol–water partition coefficient (Wildman–Crippen LogP) is 0.490. The van der Waals surface area contributed by atoms with E-state index < -0.39 is 6.09 Å². The number of hydrogen-bond acceptors (Lipinski definition) is 2. The fourth-order valence-corrected chi connectivity index (χ4v) is 0.514. The van der Waals surface area contributed by atoms with Gasteiger partial charge < -0.3 is 15.5 Å². The Morgan fingerprint density at radius 2 is 2.27 bits per heavy atom. The molecule has 0 aliphatic heterocycles. The molecule has 64 valence electrons.